The van der Waals surface area contributed by atoms with Crippen LogP contribution in [-0.2, 0) is 0 Å². The van der Waals surface area contributed by atoms with Gasteiger partial charge in [-0.25, -0.2) is 0 Å². The molecule has 0 radical (unpaired) electrons. The molecule has 1 aromatic carbocycles. The number of ether oxygens (including phenoxy) is 2. The lowest BCUT2D eigenvalue weighted by Crippen LogP contribution is -2.34. The summed E-state index contributed by atoms with van der Waals surface area (Å²) in [6, 6.07) is 5.41. The molecule has 1 aliphatic heterocycles. The van der Waals surface area contributed by atoms with Crippen LogP contribution in [0.2, 0.25) is 0 Å². The summed E-state index contributed by atoms with van der Waals surface area (Å²) in [4.78, 5) is 12.0. The fraction of sp³-hybridized carbons (Fsp3) is 0.417. The van der Waals surface area contributed by atoms with Crippen LogP contribution in [0.25, 0.3) is 0 Å². The maximum Gasteiger partial charge on any atom is 0.255 e. The van der Waals surface area contributed by atoms with Crippen molar-refractivity contribution in [3.63, 3.8) is 0 Å². The largest absolute Gasteiger partial charge is 0.486 e. The zero-order valence-corrected chi connectivity index (χ0v) is 11.1. The van der Waals surface area contributed by atoms with Gasteiger partial charge >= 0.3 is 0 Å². The number of rotatable bonds is 3. The van der Waals surface area contributed by atoms with E-state index >= 15 is 0 Å². The topological polar surface area (TPSA) is 47.6 Å². The number of hydrogen-bond acceptors (Lipinski definition) is 3. The lowest BCUT2D eigenvalue weighted by Gasteiger charge is -2.21. The highest BCUT2D eigenvalue weighted by Gasteiger charge is 2.20. The van der Waals surface area contributed by atoms with Crippen LogP contribution >= 0.6 is 15.9 Å². The van der Waals surface area contributed by atoms with E-state index in [2.05, 4.69) is 21.2 Å². The Morgan fingerprint density at radius 2 is 2.24 bits per heavy atom. The molecular weight excluding hydrogens is 286 g/mol. The average Bonchev–Trinajstić information content (AvgIpc) is 2.37. The Hall–Kier alpha value is -1.23. The van der Waals surface area contributed by atoms with E-state index in [1.54, 1.807) is 18.2 Å². The standard InChI is InChI=1S/C12H14BrNO3/c1-8(7-13)14-12(15)9-3-2-4-10-11(9)17-6-5-16-10/h2-4,8H,5-7H2,1H3,(H,14,15). The van der Waals surface area contributed by atoms with Crippen molar-refractivity contribution >= 4 is 21.8 Å². The quantitative estimate of drug-likeness (QED) is 0.868. The van der Waals surface area contributed by atoms with Gasteiger partial charge in [-0.2, -0.15) is 0 Å². The van der Waals surface area contributed by atoms with Crippen LogP contribution in [0.3, 0.4) is 0 Å². The van der Waals surface area contributed by atoms with Gasteiger partial charge in [-0.1, -0.05) is 22.0 Å². The number of benzene rings is 1. The Balaban J connectivity index is 2.23. The minimum atomic E-state index is -0.140. The van der Waals surface area contributed by atoms with Crippen LogP contribution in [0.5, 0.6) is 11.5 Å². The molecule has 17 heavy (non-hydrogen) atoms. The van der Waals surface area contributed by atoms with Gasteiger partial charge in [0.15, 0.2) is 11.5 Å². The average molecular weight is 300 g/mol. The van der Waals surface area contributed by atoms with Crippen molar-refractivity contribution in [2.24, 2.45) is 0 Å². The molecule has 1 aliphatic rings. The van der Waals surface area contributed by atoms with Gasteiger partial charge in [-0.3, -0.25) is 4.79 Å². The lowest BCUT2D eigenvalue weighted by atomic mass is 10.1. The summed E-state index contributed by atoms with van der Waals surface area (Å²) in [5.41, 5.74) is 0.523. The third-order valence-electron chi connectivity index (χ3n) is 2.42. The molecule has 1 aromatic rings. The van der Waals surface area contributed by atoms with Crippen molar-refractivity contribution in [3.8, 4) is 11.5 Å². The molecular formula is C12H14BrNO3. The van der Waals surface area contributed by atoms with Gasteiger partial charge in [-0.05, 0) is 19.1 Å². The molecule has 0 aromatic heterocycles. The first-order valence-corrected chi connectivity index (χ1v) is 6.60. The summed E-state index contributed by atoms with van der Waals surface area (Å²) in [5.74, 6) is 1.03. The number of fused-ring (bicyclic) bond motifs is 1. The van der Waals surface area contributed by atoms with Gasteiger partial charge in [0, 0.05) is 11.4 Å². The van der Waals surface area contributed by atoms with Gasteiger partial charge in [0.25, 0.3) is 5.91 Å². The van der Waals surface area contributed by atoms with E-state index in [0.717, 1.165) is 0 Å². The number of halogens is 1. The zero-order valence-electron chi connectivity index (χ0n) is 9.53. The second-order valence-corrected chi connectivity index (χ2v) is 4.51. The summed E-state index contributed by atoms with van der Waals surface area (Å²) in [6.07, 6.45) is 0. The molecule has 1 heterocycles. The molecule has 92 valence electrons. The van der Waals surface area contributed by atoms with E-state index < -0.39 is 0 Å². The molecule has 1 amide bonds. The Kier molecular flexibility index (Phi) is 3.89. The molecule has 0 aliphatic carbocycles. The van der Waals surface area contributed by atoms with E-state index in [1.807, 2.05) is 6.92 Å². The SMILES string of the molecule is CC(CBr)NC(=O)c1cccc2c1OCCO2. The number of nitrogens with one attached hydrogen (secondary N) is 1. The molecule has 0 fully saturated rings. The van der Waals surface area contributed by atoms with Gasteiger partial charge in [0.2, 0.25) is 0 Å². The Morgan fingerprint density at radius 3 is 3.00 bits per heavy atom. The predicted octanol–water partition coefficient (Wildman–Crippen LogP) is 1.97. The molecule has 1 atom stereocenters. The number of amides is 1. The second kappa shape index (κ2) is 5.40. The molecule has 2 rings (SSSR count). The highest BCUT2D eigenvalue weighted by atomic mass is 79.9. The molecule has 0 bridgehead atoms. The molecule has 1 N–H and O–H groups in total. The van der Waals surface area contributed by atoms with Gasteiger partial charge in [-0.15, -0.1) is 0 Å². The minimum Gasteiger partial charge on any atom is -0.486 e. The first-order chi connectivity index (χ1) is 8.22. The Bertz CT molecular complexity index is 422. The second-order valence-electron chi connectivity index (χ2n) is 3.86. The van der Waals surface area contributed by atoms with Gasteiger partial charge in [0.05, 0.1) is 5.56 Å². The van der Waals surface area contributed by atoms with Crippen LogP contribution in [0, 0.1) is 0 Å². The third kappa shape index (κ3) is 2.72. The zero-order chi connectivity index (χ0) is 12.3. The van der Waals surface area contributed by atoms with Crippen molar-refractivity contribution < 1.29 is 14.3 Å². The van der Waals surface area contributed by atoms with Crippen molar-refractivity contribution in [2.75, 3.05) is 18.5 Å². The fourth-order valence-corrected chi connectivity index (χ4v) is 1.75. The van der Waals surface area contributed by atoms with Crippen molar-refractivity contribution in [3.05, 3.63) is 23.8 Å². The van der Waals surface area contributed by atoms with Crippen LogP contribution in [-0.4, -0.2) is 30.5 Å². The molecule has 1 unspecified atom stereocenters. The van der Waals surface area contributed by atoms with Gasteiger partial charge < -0.3 is 14.8 Å². The highest BCUT2D eigenvalue weighted by Crippen LogP contribution is 2.33. The van der Waals surface area contributed by atoms with Crippen molar-refractivity contribution in [1.82, 2.24) is 5.32 Å². The molecule has 4 nitrogen and oxygen atoms in total. The first kappa shape index (κ1) is 12.2. The summed E-state index contributed by atoms with van der Waals surface area (Å²) in [7, 11) is 0. The molecule has 0 saturated carbocycles. The monoisotopic (exact) mass is 299 g/mol. The summed E-state index contributed by atoms with van der Waals surface area (Å²) >= 11 is 3.32. The van der Waals surface area contributed by atoms with Gasteiger partial charge in [0.1, 0.15) is 13.2 Å². The highest BCUT2D eigenvalue weighted by molar-refractivity contribution is 9.09. The number of carbonyl (C=O) groups is 1. The molecule has 5 heteroatoms. The van der Waals surface area contributed by atoms with Crippen LogP contribution in [0.4, 0.5) is 0 Å². The smallest absolute Gasteiger partial charge is 0.255 e. The van der Waals surface area contributed by atoms with Crippen LogP contribution in [0.1, 0.15) is 17.3 Å². The summed E-state index contributed by atoms with van der Waals surface area (Å²) in [6.45, 7) is 2.93. The lowest BCUT2D eigenvalue weighted by molar-refractivity contribution is 0.0933. The van der Waals surface area contributed by atoms with Crippen LogP contribution < -0.4 is 14.8 Å². The molecule has 0 saturated heterocycles. The van der Waals surface area contributed by atoms with E-state index in [1.165, 1.54) is 0 Å². The van der Waals surface area contributed by atoms with Crippen LogP contribution in [0.15, 0.2) is 18.2 Å². The maximum atomic E-state index is 12.0. The van der Waals surface area contributed by atoms with Crippen molar-refractivity contribution in [2.45, 2.75) is 13.0 Å². The van der Waals surface area contributed by atoms with E-state index in [9.17, 15) is 4.79 Å². The number of alkyl halides is 1. The van der Waals surface area contributed by atoms with E-state index in [-0.39, 0.29) is 11.9 Å². The molecule has 0 spiro atoms. The third-order valence-corrected chi connectivity index (χ3v) is 3.39. The van der Waals surface area contributed by atoms with E-state index in [4.69, 9.17) is 9.47 Å². The summed E-state index contributed by atoms with van der Waals surface area (Å²) < 4.78 is 10.9. The fourth-order valence-electron chi connectivity index (χ4n) is 1.59. The first-order valence-electron chi connectivity index (χ1n) is 5.48. The number of hydrogen-bond donors (Lipinski definition) is 1. The number of para-hydroxylation sites is 1. The maximum absolute atomic E-state index is 12.0. The van der Waals surface area contributed by atoms with Crippen molar-refractivity contribution in [1.29, 1.82) is 0 Å². The minimum absolute atomic E-state index is 0.0721. The predicted molar refractivity (Wildman–Crippen MR) is 68.2 cm³/mol. The summed E-state index contributed by atoms with van der Waals surface area (Å²) in [5, 5.41) is 3.59. The number of carbonyl (C=O) groups excluding carboxylic acids is 1. The Morgan fingerprint density at radius 1 is 1.47 bits per heavy atom. The van der Waals surface area contributed by atoms with E-state index in [0.29, 0.717) is 35.6 Å². The normalized spacial score (nSPS) is 15.2. The Labute approximate surface area is 108 Å².